The molecule has 0 unspecified atom stereocenters. The van der Waals surface area contributed by atoms with Crippen LogP contribution in [-0.4, -0.2) is 34.4 Å². The molecule has 4 rings (SSSR count). The molecule has 1 amide bonds. The molecule has 0 saturated carbocycles. The molecule has 0 aliphatic heterocycles. The predicted octanol–water partition coefficient (Wildman–Crippen LogP) is 4.49. The van der Waals surface area contributed by atoms with Crippen molar-refractivity contribution in [2.24, 2.45) is 0 Å². The summed E-state index contributed by atoms with van der Waals surface area (Å²) in [6, 6.07) is 21.8. The van der Waals surface area contributed by atoms with Gasteiger partial charge in [-0.15, -0.1) is 0 Å². The maximum Gasteiger partial charge on any atom is 0.254 e. The number of aromatic amines is 1. The van der Waals surface area contributed by atoms with Gasteiger partial charge in [0.25, 0.3) is 5.91 Å². The van der Waals surface area contributed by atoms with Gasteiger partial charge in [-0.3, -0.25) is 4.79 Å². The van der Waals surface area contributed by atoms with Crippen LogP contribution in [0.15, 0.2) is 79.1 Å². The van der Waals surface area contributed by atoms with Crippen LogP contribution < -0.4 is 5.32 Å². The second-order valence-electron chi connectivity index (χ2n) is 7.11. The molecule has 4 aromatic rings. The van der Waals surface area contributed by atoms with Gasteiger partial charge in [0.15, 0.2) is 0 Å². The van der Waals surface area contributed by atoms with Gasteiger partial charge in [0, 0.05) is 49.0 Å². The summed E-state index contributed by atoms with van der Waals surface area (Å²) in [6.07, 6.45) is 4.60. The highest BCUT2D eigenvalue weighted by Crippen LogP contribution is 2.18. The Morgan fingerprint density at radius 2 is 1.86 bits per heavy atom. The van der Waals surface area contributed by atoms with Gasteiger partial charge in [0.1, 0.15) is 5.82 Å². The van der Waals surface area contributed by atoms with Gasteiger partial charge >= 0.3 is 0 Å². The fraction of sp³-hybridized carbons (Fsp3) is 0.167. The Morgan fingerprint density at radius 1 is 1.07 bits per heavy atom. The summed E-state index contributed by atoms with van der Waals surface area (Å²) in [5, 5.41) is 4.58. The number of nitrogens with zero attached hydrogens (tertiary/aromatic N) is 2. The molecule has 0 atom stereocenters. The molecular weight excluding hydrogens is 360 g/mol. The molecule has 0 spiro atoms. The molecule has 29 heavy (non-hydrogen) atoms. The third kappa shape index (κ3) is 4.46. The number of para-hydroxylation sites is 1. The standard InChI is InChI=1S/C24H24N4O/c1-28(17-18-7-3-2-4-8-18)24(29)19-11-13-25-23(15-19)26-14-12-20-16-27-22-10-6-5-9-21(20)22/h2-11,13,15-16,27H,12,14,17H2,1H3,(H,25,26). The zero-order valence-electron chi connectivity index (χ0n) is 16.4. The first-order chi connectivity index (χ1) is 14.2. The molecule has 0 aliphatic rings. The highest BCUT2D eigenvalue weighted by molar-refractivity contribution is 5.94. The van der Waals surface area contributed by atoms with E-state index < -0.39 is 0 Å². The Labute approximate surface area is 170 Å². The van der Waals surface area contributed by atoms with Gasteiger partial charge in [0.2, 0.25) is 0 Å². The van der Waals surface area contributed by atoms with E-state index in [0.717, 1.165) is 24.0 Å². The number of anilines is 1. The van der Waals surface area contributed by atoms with Crippen LogP contribution in [0.25, 0.3) is 10.9 Å². The number of carbonyl (C=O) groups is 1. The van der Waals surface area contributed by atoms with Crippen molar-refractivity contribution in [3.8, 4) is 0 Å². The topological polar surface area (TPSA) is 61.0 Å². The molecule has 0 saturated heterocycles. The van der Waals surface area contributed by atoms with Crippen molar-refractivity contribution in [2.75, 3.05) is 18.9 Å². The van der Waals surface area contributed by atoms with Crippen molar-refractivity contribution in [1.29, 1.82) is 0 Å². The van der Waals surface area contributed by atoms with Crippen molar-refractivity contribution < 1.29 is 4.79 Å². The van der Waals surface area contributed by atoms with Crippen molar-refractivity contribution in [3.63, 3.8) is 0 Å². The lowest BCUT2D eigenvalue weighted by Crippen LogP contribution is -2.26. The number of aromatic nitrogens is 2. The Bertz CT molecular complexity index is 1100. The van der Waals surface area contributed by atoms with Crippen LogP contribution in [0.4, 0.5) is 5.82 Å². The Balaban J connectivity index is 1.37. The third-order valence-electron chi connectivity index (χ3n) is 4.99. The van der Waals surface area contributed by atoms with E-state index in [0.29, 0.717) is 17.9 Å². The van der Waals surface area contributed by atoms with Gasteiger partial charge < -0.3 is 15.2 Å². The lowest BCUT2D eigenvalue weighted by molar-refractivity contribution is 0.0785. The zero-order chi connectivity index (χ0) is 20.1. The predicted molar refractivity (Wildman–Crippen MR) is 117 cm³/mol. The maximum absolute atomic E-state index is 12.8. The van der Waals surface area contributed by atoms with Crippen LogP contribution in [-0.2, 0) is 13.0 Å². The number of hydrogen-bond acceptors (Lipinski definition) is 3. The highest BCUT2D eigenvalue weighted by Gasteiger charge is 2.13. The summed E-state index contributed by atoms with van der Waals surface area (Å²) in [5.41, 5.74) is 4.15. The normalized spacial score (nSPS) is 10.8. The summed E-state index contributed by atoms with van der Waals surface area (Å²) in [7, 11) is 1.82. The molecule has 0 radical (unpaired) electrons. The number of carbonyl (C=O) groups excluding carboxylic acids is 1. The minimum atomic E-state index is -0.0177. The van der Waals surface area contributed by atoms with E-state index >= 15 is 0 Å². The molecule has 146 valence electrons. The van der Waals surface area contributed by atoms with Crippen LogP contribution in [0.2, 0.25) is 0 Å². The Kier molecular flexibility index (Phi) is 5.56. The molecule has 2 aromatic carbocycles. The molecule has 2 heterocycles. The molecule has 2 aromatic heterocycles. The smallest absolute Gasteiger partial charge is 0.254 e. The number of amides is 1. The SMILES string of the molecule is CN(Cc1ccccc1)C(=O)c1ccnc(NCCc2c[nH]c3ccccc23)c1. The molecule has 0 bridgehead atoms. The fourth-order valence-corrected chi connectivity index (χ4v) is 3.47. The van der Waals surface area contributed by atoms with Crippen molar-refractivity contribution in [3.05, 3.63) is 95.8 Å². The maximum atomic E-state index is 12.8. The summed E-state index contributed by atoms with van der Waals surface area (Å²) in [5.74, 6) is 0.694. The van der Waals surface area contributed by atoms with Gasteiger partial charge in [-0.1, -0.05) is 48.5 Å². The van der Waals surface area contributed by atoms with E-state index in [-0.39, 0.29) is 5.91 Å². The molecular formula is C24H24N4O. The second kappa shape index (κ2) is 8.61. The van der Waals surface area contributed by atoms with Crippen LogP contribution in [0, 0.1) is 0 Å². The van der Waals surface area contributed by atoms with E-state index in [4.69, 9.17) is 0 Å². The first-order valence-corrected chi connectivity index (χ1v) is 9.75. The van der Waals surface area contributed by atoms with Crippen molar-refractivity contribution in [2.45, 2.75) is 13.0 Å². The Hall–Kier alpha value is -3.60. The average Bonchev–Trinajstić information content (AvgIpc) is 3.17. The Morgan fingerprint density at radius 3 is 2.72 bits per heavy atom. The molecule has 5 heteroatoms. The number of fused-ring (bicyclic) bond motifs is 1. The second-order valence-corrected chi connectivity index (χ2v) is 7.11. The van der Waals surface area contributed by atoms with Gasteiger partial charge in [-0.05, 0) is 35.7 Å². The van der Waals surface area contributed by atoms with Crippen LogP contribution in [0.3, 0.4) is 0 Å². The van der Waals surface area contributed by atoms with Crippen molar-refractivity contribution in [1.82, 2.24) is 14.9 Å². The van der Waals surface area contributed by atoms with Gasteiger partial charge in [-0.2, -0.15) is 0 Å². The number of benzene rings is 2. The summed E-state index contributed by atoms with van der Waals surface area (Å²) < 4.78 is 0. The number of pyridine rings is 1. The zero-order valence-corrected chi connectivity index (χ0v) is 16.4. The quantitative estimate of drug-likeness (QED) is 0.493. The number of H-pyrrole nitrogens is 1. The third-order valence-corrected chi connectivity index (χ3v) is 4.99. The lowest BCUT2D eigenvalue weighted by Gasteiger charge is -2.17. The summed E-state index contributed by atoms with van der Waals surface area (Å²) >= 11 is 0. The van der Waals surface area contributed by atoms with Crippen LogP contribution in [0.1, 0.15) is 21.5 Å². The number of rotatable bonds is 7. The molecule has 0 fully saturated rings. The van der Waals surface area contributed by atoms with Crippen LogP contribution in [0.5, 0.6) is 0 Å². The van der Waals surface area contributed by atoms with Gasteiger partial charge in [-0.25, -0.2) is 4.98 Å². The highest BCUT2D eigenvalue weighted by atomic mass is 16.2. The van der Waals surface area contributed by atoms with E-state index in [1.807, 2.05) is 49.5 Å². The number of hydrogen-bond donors (Lipinski definition) is 2. The van der Waals surface area contributed by atoms with E-state index in [9.17, 15) is 4.79 Å². The van der Waals surface area contributed by atoms with Gasteiger partial charge in [0.05, 0.1) is 0 Å². The first kappa shape index (κ1) is 18.7. The molecule has 5 nitrogen and oxygen atoms in total. The summed E-state index contributed by atoms with van der Waals surface area (Å²) in [6.45, 7) is 1.32. The minimum absolute atomic E-state index is 0.0177. The largest absolute Gasteiger partial charge is 0.370 e. The first-order valence-electron chi connectivity index (χ1n) is 9.75. The average molecular weight is 384 g/mol. The minimum Gasteiger partial charge on any atom is -0.370 e. The summed E-state index contributed by atoms with van der Waals surface area (Å²) in [4.78, 5) is 22.2. The van der Waals surface area contributed by atoms with Crippen LogP contribution >= 0.6 is 0 Å². The lowest BCUT2D eigenvalue weighted by atomic mass is 10.1. The van der Waals surface area contributed by atoms with E-state index in [2.05, 4.69) is 39.7 Å². The fourth-order valence-electron chi connectivity index (χ4n) is 3.47. The monoisotopic (exact) mass is 384 g/mol. The molecule has 2 N–H and O–H groups in total. The van der Waals surface area contributed by atoms with Crippen molar-refractivity contribution >= 4 is 22.6 Å². The molecule has 0 aliphatic carbocycles. The van der Waals surface area contributed by atoms with E-state index in [1.165, 1.54) is 10.9 Å². The number of nitrogens with one attached hydrogen (secondary N) is 2. The van der Waals surface area contributed by atoms with E-state index in [1.54, 1.807) is 17.2 Å².